The van der Waals surface area contributed by atoms with Gasteiger partial charge < -0.3 is 20.1 Å². The van der Waals surface area contributed by atoms with Gasteiger partial charge in [0.05, 0.1) is 17.8 Å². The summed E-state index contributed by atoms with van der Waals surface area (Å²) >= 11 is 5.76. The number of carbonyl (C=O) groups excluding carboxylic acids is 1. The van der Waals surface area contributed by atoms with Gasteiger partial charge in [-0.05, 0) is 66.2 Å². The van der Waals surface area contributed by atoms with Crippen LogP contribution in [0.2, 0.25) is 0 Å². The quantitative estimate of drug-likeness (QED) is 0.319. The largest absolute Gasteiger partial charge is 0.352 e. The van der Waals surface area contributed by atoms with E-state index in [4.69, 9.17) is 12.2 Å². The SMILES string of the molecule is CCc1ccccc1NC(=O)CCN1C(=S)N[C@H](c2ccccn2)[C@@H]1c1ccn(-c2ccccc2)c1. The highest BCUT2D eigenvalue weighted by atomic mass is 32.1. The summed E-state index contributed by atoms with van der Waals surface area (Å²) in [5.74, 6) is -0.0272. The zero-order chi connectivity index (χ0) is 24.9. The van der Waals surface area contributed by atoms with Gasteiger partial charge in [-0.1, -0.05) is 49.4 Å². The maximum Gasteiger partial charge on any atom is 0.226 e. The normalized spacial score (nSPS) is 17.1. The summed E-state index contributed by atoms with van der Waals surface area (Å²) in [7, 11) is 0. The van der Waals surface area contributed by atoms with Gasteiger partial charge in [0.25, 0.3) is 0 Å². The minimum Gasteiger partial charge on any atom is -0.352 e. The molecular formula is C29H29N5OS. The number of hydrogen-bond donors (Lipinski definition) is 2. The van der Waals surface area contributed by atoms with Crippen LogP contribution in [0.5, 0.6) is 0 Å². The van der Waals surface area contributed by atoms with Crippen molar-refractivity contribution in [2.75, 3.05) is 11.9 Å². The molecule has 0 aliphatic carbocycles. The molecule has 2 aromatic carbocycles. The molecule has 0 spiro atoms. The molecule has 1 aliphatic heterocycles. The fourth-order valence-corrected chi connectivity index (χ4v) is 5.08. The summed E-state index contributed by atoms with van der Waals surface area (Å²) in [4.78, 5) is 19.6. The van der Waals surface area contributed by atoms with Gasteiger partial charge in [-0.3, -0.25) is 9.78 Å². The van der Waals surface area contributed by atoms with Crippen molar-refractivity contribution in [1.82, 2.24) is 19.8 Å². The van der Waals surface area contributed by atoms with Gasteiger partial charge in [-0.2, -0.15) is 0 Å². The fourth-order valence-electron chi connectivity index (χ4n) is 4.74. The molecule has 0 unspecified atom stereocenters. The Labute approximate surface area is 217 Å². The second-order valence-electron chi connectivity index (χ2n) is 8.82. The maximum absolute atomic E-state index is 12.9. The second kappa shape index (κ2) is 10.7. The number of benzene rings is 2. The molecule has 0 bridgehead atoms. The molecule has 0 saturated carbocycles. The van der Waals surface area contributed by atoms with Crippen molar-refractivity contribution in [3.05, 3.63) is 114 Å². The highest BCUT2D eigenvalue weighted by Crippen LogP contribution is 2.39. The number of pyridine rings is 1. The lowest BCUT2D eigenvalue weighted by Gasteiger charge is -2.27. The van der Waals surface area contributed by atoms with Crippen LogP contribution in [-0.4, -0.2) is 32.0 Å². The first-order valence-electron chi connectivity index (χ1n) is 12.2. The summed E-state index contributed by atoms with van der Waals surface area (Å²) in [6, 6.07) is 26.0. The Morgan fingerprint density at radius 3 is 2.58 bits per heavy atom. The number of hydrogen-bond acceptors (Lipinski definition) is 3. The number of nitrogens with zero attached hydrogens (tertiary/aromatic N) is 3. The zero-order valence-electron chi connectivity index (χ0n) is 20.2. The number of carbonyl (C=O) groups is 1. The Morgan fingerprint density at radius 1 is 1.03 bits per heavy atom. The number of rotatable bonds is 8. The Kier molecular flexibility index (Phi) is 7.09. The lowest BCUT2D eigenvalue weighted by Crippen LogP contribution is -2.32. The third kappa shape index (κ3) is 5.02. The molecule has 7 heteroatoms. The monoisotopic (exact) mass is 495 g/mol. The molecule has 2 aromatic heterocycles. The van der Waals surface area contributed by atoms with Gasteiger partial charge >= 0.3 is 0 Å². The second-order valence-corrected chi connectivity index (χ2v) is 9.20. The molecule has 1 fully saturated rings. The van der Waals surface area contributed by atoms with E-state index in [9.17, 15) is 4.79 Å². The molecule has 36 heavy (non-hydrogen) atoms. The average molecular weight is 496 g/mol. The number of aryl methyl sites for hydroxylation is 1. The van der Waals surface area contributed by atoms with E-state index >= 15 is 0 Å². The highest BCUT2D eigenvalue weighted by molar-refractivity contribution is 7.80. The van der Waals surface area contributed by atoms with Crippen LogP contribution in [0.15, 0.2) is 97.5 Å². The van der Waals surface area contributed by atoms with E-state index in [1.165, 1.54) is 0 Å². The summed E-state index contributed by atoms with van der Waals surface area (Å²) in [5.41, 5.74) is 5.11. The summed E-state index contributed by atoms with van der Waals surface area (Å²) in [6.45, 7) is 2.58. The van der Waals surface area contributed by atoms with E-state index in [0.29, 0.717) is 18.1 Å². The third-order valence-corrected chi connectivity index (χ3v) is 6.91. The first kappa shape index (κ1) is 23.8. The Morgan fingerprint density at radius 2 is 1.81 bits per heavy atom. The average Bonchev–Trinajstić information content (AvgIpc) is 3.53. The van der Waals surface area contributed by atoms with Crippen molar-refractivity contribution in [3.63, 3.8) is 0 Å². The Balaban J connectivity index is 1.39. The predicted molar refractivity (Wildman–Crippen MR) is 147 cm³/mol. The van der Waals surface area contributed by atoms with Crippen LogP contribution >= 0.6 is 12.2 Å². The number of para-hydroxylation sites is 2. The molecule has 5 rings (SSSR count). The summed E-state index contributed by atoms with van der Waals surface area (Å²) in [6.07, 6.45) is 7.19. The van der Waals surface area contributed by atoms with E-state index in [1.807, 2.05) is 60.7 Å². The molecular weight excluding hydrogens is 466 g/mol. The Hall–Kier alpha value is -3.97. The van der Waals surface area contributed by atoms with E-state index in [0.717, 1.165) is 34.6 Å². The van der Waals surface area contributed by atoms with Crippen molar-refractivity contribution in [2.45, 2.75) is 31.8 Å². The molecule has 6 nitrogen and oxygen atoms in total. The molecule has 1 amide bonds. The van der Waals surface area contributed by atoms with Crippen LogP contribution in [0.3, 0.4) is 0 Å². The summed E-state index contributed by atoms with van der Waals surface area (Å²) in [5, 5.41) is 7.17. The minimum atomic E-state index is -0.116. The van der Waals surface area contributed by atoms with Crippen molar-refractivity contribution in [1.29, 1.82) is 0 Å². The molecule has 182 valence electrons. The number of aromatic nitrogens is 2. The number of nitrogens with one attached hydrogen (secondary N) is 2. The van der Waals surface area contributed by atoms with Crippen molar-refractivity contribution >= 4 is 28.9 Å². The predicted octanol–water partition coefficient (Wildman–Crippen LogP) is 5.44. The topological polar surface area (TPSA) is 62.2 Å². The van der Waals surface area contributed by atoms with Gasteiger partial charge in [-0.25, -0.2) is 0 Å². The smallest absolute Gasteiger partial charge is 0.226 e. The lowest BCUT2D eigenvalue weighted by molar-refractivity contribution is -0.116. The van der Waals surface area contributed by atoms with Gasteiger partial charge in [0.2, 0.25) is 5.91 Å². The van der Waals surface area contributed by atoms with Crippen molar-refractivity contribution < 1.29 is 4.79 Å². The third-order valence-electron chi connectivity index (χ3n) is 6.56. The summed E-state index contributed by atoms with van der Waals surface area (Å²) < 4.78 is 2.11. The number of thiocarbonyl (C=S) groups is 1. The number of amides is 1. The van der Waals surface area contributed by atoms with Crippen molar-refractivity contribution in [2.24, 2.45) is 0 Å². The molecule has 1 saturated heterocycles. The van der Waals surface area contributed by atoms with E-state index in [1.54, 1.807) is 6.20 Å². The lowest BCUT2D eigenvalue weighted by atomic mass is 9.99. The fraction of sp³-hybridized carbons (Fsp3) is 0.207. The van der Waals surface area contributed by atoms with E-state index < -0.39 is 0 Å². The van der Waals surface area contributed by atoms with Crippen LogP contribution < -0.4 is 10.6 Å². The first-order chi connectivity index (χ1) is 17.6. The van der Waals surface area contributed by atoms with Gasteiger partial charge in [0, 0.05) is 42.9 Å². The van der Waals surface area contributed by atoms with Gasteiger partial charge in [0.15, 0.2) is 5.11 Å². The van der Waals surface area contributed by atoms with Gasteiger partial charge in [-0.15, -0.1) is 0 Å². The molecule has 2 atom stereocenters. The maximum atomic E-state index is 12.9. The minimum absolute atomic E-state index is 0.0272. The first-order valence-corrected chi connectivity index (χ1v) is 12.6. The molecule has 2 N–H and O–H groups in total. The van der Waals surface area contributed by atoms with Crippen LogP contribution in [-0.2, 0) is 11.2 Å². The van der Waals surface area contributed by atoms with Crippen LogP contribution in [0, 0.1) is 0 Å². The zero-order valence-corrected chi connectivity index (χ0v) is 21.0. The molecule has 4 aromatic rings. The molecule has 0 radical (unpaired) electrons. The molecule has 1 aliphatic rings. The highest BCUT2D eigenvalue weighted by Gasteiger charge is 2.40. The van der Waals surface area contributed by atoms with Crippen LogP contribution in [0.25, 0.3) is 5.69 Å². The van der Waals surface area contributed by atoms with Crippen LogP contribution in [0.4, 0.5) is 5.69 Å². The molecule has 3 heterocycles. The van der Waals surface area contributed by atoms with Crippen molar-refractivity contribution in [3.8, 4) is 5.69 Å². The Bertz CT molecular complexity index is 1340. The van der Waals surface area contributed by atoms with E-state index in [2.05, 4.69) is 62.6 Å². The van der Waals surface area contributed by atoms with E-state index in [-0.39, 0.29) is 18.0 Å². The van der Waals surface area contributed by atoms with Crippen LogP contribution in [0.1, 0.15) is 42.2 Å². The van der Waals surface area contributed by atoms with Gasteiger partial charge in [0.1, 0.15) is 0 Å². The standard InChI is InChI=1S/C29H29N5OS/c1-2-21-10-6-7-13-24(21)31-26(35)16-19-34-28(27(32-29(34)36)25-14-8-9-17-30-25)22-15-18-33(20-22)23-11-4-3-5-12-23/h3-15,17-18,20,27-28H,2,16,19H2,1H3,(H,31,35)(H,32,36)/t27-,28+/m1/s1. The number of anilines is 1.